The number of hydrogen-bond donors (Lipinski definition) is 2. The highest BCUT2D eigenvalue weighted by atomic mass is 32.1. The SMILES string of the molecule is CCOc1ccc2nc(NC(=O)C3=NCC(=O)N(c4ccc(C)cc4)N3)sc2c1. The Kier molecular flexibility index (Phi) is 5.13. The van der Waals surface area contributed by atoms with Crippen LogP contribution in [0.15, 0.2) is 47.5 Å². The minimum absolute atomic E-state index is 0.0550. The van der Waals surface area contributed by atoms with Crippen LogP contribution in [-0.2, 0) is 9.59 Å². The van der Waals surface area contributed by atoms with Crippen molar-refractivity contribution in [2.75, 3.05) is 23.5 Å². The van der Waals surface area contributed by atoms with Crippen LogP contribution in [0.25, 0.3) is 10.2 Å². The molecule has 2 amide bonds. The van der Waals surface area contributed by atoms with E-state index in [1.54, 1.807) is 0 Å². The zero-order valence-electron chi connectivity index (χ0n) is 15.9. The molecule has 1 aliphatic rings. The first kappa shape index (κ1) is 18.9. The quantitative estimate of drug-likeness (QED) is 0.676. The number of rotatable bonds is 5. The van der Waals surface area contributed by atoms with Gasteiger partial charge in [-0.25, -0.2) is 9.99 Å². The molecule has 0 spiro atoms. The van der Waals surface area contributed by atoms with Crippen LogP contribution in [0.4, 0.5) is 10.8 Å². The maximum atomic E-state index is 12.7. The number of fused-ring (bicyclic) bond motifs is 1. The third-order valence-electron chi connectivity index (χ3n) is 4.24. The topological polar surface area (TPSA) is 95.9 Å². The first-order chi connectivity index (χ1) is 14.0. The maximum Gasteiger partial charge on any atom is 0.294 e. The van der Waals surface area contributed by atoms with Crippen LogP contribution >= 0.6 is 11.3 Å². The molecule has 4 rings (SSSR count). The molecule has 0 saturated carbocycles. The lowest BCUT2D eigenvalue weighted by atomic mass is 10.2. The van der Waals surface area contributed by atoms with E-state index in [2.05, 4.69) is 20.7 Å². The van der Waals surface area contributed by atoms with Crippen LogP contribution in [0.3, 0.4) is 0 Å². The summed E-state index contributed by atoms with van der Waals surface area (Å²) in [5, 5.41) is 4.52. The Morgan fingerprint density at radius 1 is 1.28 bits per heavy atom. The first-order valence-electron chi connectivity index (χ1n) is 9.09. The highest BCUT2D eigenvalue weighted by Gasteiger charge is 2.26. The van der Waals surface area contributed by atoms with Crippen molar-refractivity contribution in [3.8, 4) is 5.75 Å². The molecule has 2 heterocycles. The standard InChI is InChI=1S/C20H19N5O3S/c1-3-28-14-8-9-15-16(10-14)29-20(22-15)23-19(27)18-21-11-17(26)25(24-18)13-6-4-12(2)5-7-13/h4-10H,3,11H2,1-2H3,(H,21,24)(H,22,23,27). The number of thiazole rings is 1. The third kappa shape index (κ3) is 4.04. The zero-order valence-corrected chi connectivity index (χ0v) is 16.7. The van der Waals surface area contributed by atoms with Crippen LogP contribution in [0.5, 0.6) is 5.75 Å². The second-order valence-electron chi connectivity index (χ2n) is 6.38. The van der Waals surface area contributed by atoms with E-state index in [0.717, 1.165) is 21.5 Å². The minimum Gasteiger partial charge on any atom is -0.494 e. The van der Waals surface area contributed by atoms with Gasteiger partial charge in [-0.05, 0) is 44.2 Å². The van der Waals surface area contributed by atoms with Gasteiger partial charge in [0.05, 0.1) is 22.5 Å². The molecule has 0 atom stereocenters. The Labute approximate surface area is 171 Å². The van der Waals surface area contributed by atoms with E-state index >= 15 is 0 Å². The molecule has 2 aromatic carbocycles. The summed E-state index contributed by atoms with van der Waals surface area (Å²) >= 11 is 1.34. The number of carbonyl (C=O) groups is 2. The predicted molar refractivity (Wildman–Crippen MR) is 114 cm³/mol. The molecule has 3 aromatic rings. The normalized spacial score (nSPS) is 13.8. The Balaban J connectivity index is 1.50. The molecule has 1 aliphatic heterocycles. The van der Waals surface area contributed by atoms with E-state index < -0.39 is 5.91 Å². The van der Waals surface area contributed by atoms with Crippen LogP contribution in [0.2, 0.25) is 0 Å². The summed E-state index contributed by atoms with van der Waals surface area (Å²) in [5.74, 6) is 0.110. The van der Waals surface area contributed by atoms with E-state index in [-0.39, 0.29) is 18.3 Å². The van der Waals surface area contributed by atoms with Crippen molar-refractivity contribution in [3.05, 3.63) is 48.0 Å². The first-order valence-corrected chi connectivity index (χ1v) is 9.90. The summed E-state index contributed by atoms with van der Waals surface area (Å²) in [6, 6.07) is 13.0. The van der Waals surface area contributed by atoms with Crippen LogP contribution in [0, 0.1) is 6.92 Å². The fourth-order valence-electron chi connectivity index (χ4n) is 2.82. The van der Waals surface area contributed by atoms with Gasteiger partial charge in [-0.2, -0.15) is 0 Å². The van der Waals surface area contributed by atoms with Crippen molar-refractivity contribution in [1.82, 2.24) is 10.4 Å². The molecule has 0 unspecified atom stereocenters. The van der Waals surface area contributed by atoms with E-state index in [1.165, 1.54) is 16.3 Å². The Morgan fingerprint density at radius 2 is 2.07 bits per heavy atom. The summed E-state index contributed by atoms with van der Waals surface area (Å²) < 4.78 is 6.40. The molecule has 0 radical (unpaired) electrons. The predicted octanol–water partition coefficient (Wildman–Crippen LogP) is 2.89. The Bertz CT molecular complexity index is 1110. The molecule has 0 fully saturated rings. The number of nitrogens with zero attached hydrogens (tertiary/aromatic N) is 3. The molecule has 29 heavy (non-hydrogen) atoms. The van der Waals surface area contributed by atoms with Crippen molar-refractivity contribution in [2.45, 2.75) is 13.8 Å². The van der Waals surface area contributed by atoms with Gasteiger partial charge in [-0.15, -0.1) is 0 Å². The molecule has 2 N–H and O–H groups in total. The monoisotopic (exact) mass is 409 g/mol. The average molecular weight is 409 g/mol. The summed E-state index contributed by atoms with van der Waals surface area (Å²) in [5.41, 5.74) is 5.28. The number of amidine groups is 1. The second kappa shape index (κ2) is 7.88. The number of hydrogen-bond acceptors (Lipinski definition) is 7. The maximum absolute atomic E-state index is 12.7. The Morgan fingerprint density at radius 3 is 2.83 bits per heavy atom. The number of anilines is 2. The number of aryl methyl sites for hydroxylation is 1. The summed E-state index contributed by atoms with van der Waals surface area (Å²) in [6.07, 6.45) is 0. The average Bonchev–Trinajstić information content (AvgIpc) is 3.11. The van der Waals surface area contributed by atoms with E-state index in [1.807, 2.05) is 56.3 Å². The largest absolute Gasteiger partial charge is 0.494 e. The molecular formula is C20H19N5O3S. The van der Waals surface area contributed by atoms with Gasteiger partial charge in [0.2, 0.25) is 5.84 Å². The highest BCUT2D eigenvalue weighted by molar-refractivity contribution is 7.22. The van der Waals surface area contributed by atoms with Crippen LogP contribution in [0.1, 0.15) is 12.5 Å². The van der Waals surface area contributed by atoms with E-state index in [4.69, 9.17) is 4.74 Å². The summed E-state index contributed by atoms with van der Waals surface area (Å²) in [6.45, 7) is 4.35. The van der Waals surface area contributed by atoms with Crippen molar-refractivity contribution in [1.29, 1.82) is 0 Å². The lowest BCUT2D eigenvalue weighted by molar-refractivity contribution is -0.118. The number of aliphatic imine (C=N–C) groups is 1. The van der Waals surface area contributed by atoms with E-state index in [0.29, 0.717) is 17.4 Å². The number of ether oxygens (including phenoxy) is 1. The Hall–Kier alpha value is -3.46. The summed E-state index contributed by atoms with van der Waals surface area (Å²) in [4.78, 5) is 33.3. The van der Waals surface area contributed by atoms with Gasteiger partial charge in [0.1, 0.15) is 12.3 Å². The van der Waals surface area contributed by atoms with Gasteiger partial charge in [0.15, 0.2) is 5.13 Å². The summed E-state index contributed by atoms with van der Waals surface area (Å²) in [7, 11) is 0. The molecule has 0 aliphatic carbocycles. The van der Waals surface area contributed by atoms with Crippen molar-refractivity contribution in [2.24, 2.45) is 4.99 Å². The number of aromatic nitrogens is 1. The van der Waals surface area contributed by atoms with Gasteiger partial charge < -0.3 is 4.74 Å². The molecule has 1 aromatic heterocycles. The second-order valence-corrected chi connectivity index (χ2v) is 7.41. The number of nitrogens with one attached hydrogen (secondary N) is 2. The van der Waals surface area contributed by atoms with Crippen LogP contribution in [-0.4, -0.2) is 35.8 Å². The fourth-order valence-corrected chi connectivity index (χ4v) is 3.71. The molecule has 0 bridgehead atoms. The van der Waals surface area contributed by atoms with Crippen molar-refractivity contribution >= 4 is 50.0 Å². The molecule has 148 valence electrons. The van der Waals surface area contributed by atoms with Crippen molar-refractivity contribution < 1.29 is 14.3 Å². The van der Waals surface area contributed by atoms with Gasteiger partial charge in [-0.1, -0.05) is 29.0 Å². The highest BCUT2D eigenvalue weighted by Crippen LogP contribution is 2.29. The number of amides is 2. The lowest BCUT2D eigenvalue weighted by Gasteiger charge is -2.27. The minimum atomic E-state index is -0.460. The molecule has 9 heteroatoms. The van der Waals surface area contributed by atoms with Gasteiger partial charge >= 0.3 is 0 Å². The van der Waals surface area contributed by atoms with Gasteiger partial charge in [0.25, 0.3) is 11.8 Å². The molecule has 0 saturated heterocycles. The number of benzene rings is 2. The van der Waals surface area contributed by atoms with Gasteiger partial charge in [0, 0.05) is 0 Å². The van der Waals surface area contributed by atoms with Crippen LogP contribution < -0.4 is 20.5 Å². The third-order valence-corrected chi connectivity index (χ3v) is 5.17. The van der Waals surface area contributed by atoms with Gasteiger partial charge in [-0.3, -0.25) is 25.3 Å². The molecular weight excluding hydrogens is 390 g/mol. The number of carbonyl (C=O) groups excluding carboxylic acids is 2. The zero-order chi connectivity index (χ0) is 20.4. The molecule has 8 nitrogen and oxygen atoms in total. The smallest absolute Gasteiger partial charge is 0.294 e. The lowest BCUT2D eigenvalue weighted by Crippen LogP contribution is -2.54. The fraction of sp³-hybridized carbons (Fsp3) is 0.200. The van der Waals surface area contributed by atoms with E-state index in [9.17, 15) is 9.59 Å². The number of hydrazine groups is 1. The van der Waals surface area contributed by atoms with Crippen molar-refractivity contribution in [3.63, 3.8) is 0 Å².